The Kier molecular flexibility index (Phi) is 6.45. The van der Waals surface area contributed by atoms with Crippen LogP contribution in [0.5, 0.6) is 0 Å². The minimum absolute atomic E-state index is 0.00937. The van der Waals surface area contributed by atoms with Gasteiger partial charge in [0.2, 0.25) is 5.91 Å². The Hall–Kier alpha value is -2.98. The molecule has 0 saturated carbocycles. The van der Waals surface area contributed by atoms with Gasteiger partial charge in [-0.1, -0.05) is 38.1 Å². The largest absolute Gasteiger partial charge is 0.351 e. The quantitative estimate of drug-likeness (QED) is 0.809. The third-order valence-corrected chi connectivity index (χ3v) is 5.40. The fraction of sp³-hybridized carbons (Fsp3) is 0.455. The van der Waals surface area contributed by atoms with Crippen LogP contribution in [0.4, 0.5) is 5.82 Å². The van der Waals surface area contributed by atoms with E-state index in [9.17, 15) is 4.79 Å². The van der Waals surface area contributed by atoms with Gasteiger partial charge in [0.15, 0.2) is 11.5 Å². The number of nitriles is 1. The molecule has 2 heterocycles. The van der Waals surface area contributed by atoms with Crippen molar-refractivity contribution >= 4 is 11.7 Å². The Morgan fingerprint density at radius 1 is 1.21 bits per heavy atom. The first-order valence-electron chi connectivity index (χ1n) is 9.90. The van der Waals surface area contributed by atoms with Crippen molar-refractivity contribution in [1.29, 1.82) is 5.26 Å². The van der Waals surface area contributed by atoms with Gasteiger partial charge in [0.05, 0.1) is 12.5 Å². The minimum Gasteiger partial charge on any atom is -0.351 e. The monoisotopic (exact) mass is 392 g/mol. The SMILES string of the molecule is CC(C)c1ccc(CC(=O)N[C@H]2CN(c3ccc(C#N)nn3)C[C@@H]2N(C)C)cc1. The Morgan fingerprint density at radius 3 is 2.48 bits per heavy atom. The lowest BCUT2D eigenvalue weighted by molar-refractivity contribution is -0.121. The second kappa shape index (κ2) is 9.01. The third kappa shape index (κ3) is 5.09. The summed E-state index contributed by atoms with van der Waals surface area (Å²) in [5.41, 5.74) is 2.59. The number of hydrogen-bond donors (Lipinski definition) is 1. The van der Waals surface area contributed by atoms with Crippen LogP contribution >= 0.6 is 0 Å². The smallest absolute Gasteiger partial charge is 0.224 e. The van der Waals surface area contributed by atoms with E-state index in [1.165, 1.54) is 5.56 Å². The number of carbonyl (C=O) groups is 1. The van der Waals surface area contributed by atoms with Crippen molar-refractivity contribution in [2.75, 3.05) is 32.1 Å². The summed E-state index contributed by atoms with van der Waals surface area (Å²) in [4.78, 5) is 16.9. The van der Waals surface area contributed by atoms with Crippen LogP contribution in [-0.2, 0) is 11.2 Å². The summed E-state index contributed by atoms with van der Waals surface area (Å²) in [7, 11) is 4.03. The van der Waals surface area contributed by atoms with Gasteiger partial charge >= 0.3 is 0 Å². The van der Waals surface area contributed by atoms with E-state index in [0.29, 0.717) is 24.6 Å². The first kappa shape index (κ1) is 20.7. The molecular formula is C22H28N6O. The second-order valence-electron chi connectivity index (χ2n) is 8.07. The van der Waals surface area contributed by atoms with Gasteiger partial charge in [-0.25, -0.2) is 0 Å². The lowest BCUT2D eigenvalue weighted by atomic mass is 10.0. The van der Waals surface area contributed by atoms with Crippen molar-refractivity contribution < 1.29 is 4.79 Å². The third-order valence-electron chi connectivity index (χ3n) is 5.40. The topological polar surface area (TPSA) is 85.2 Å². The highest BCUT2D eigenvalue weighted by atomic mass is 16.1. The lowest BCUT2D eigenvalue weighted by Gasteiger charge is -2.25. The molecule has 1 aliphatic rings. The average Bonchev–Trinajstić information content (AvgIpc) is 3.12. The first-order chi connectivity index (χ1) is 13.9. The van der Waals surface area contributed by atoms with E-state index in [-0.39, 0.29) is 18.0 Å². The summed E-state index contributed by atoms with van der Waals surface area (Å²) in [6.45, 7) is 5.71. The molecule has 1 aromatic carbocycles. The van der Waals surface area contributed by atoms with E-state index in [1.54, 1.807) is 12.1 Å². The summed E-state index contributed by atoms with van der Waals surface area (Å²) in [6, 6.07) is 13.9. The molecule has 3 rings (SSSR count). The Bertz CT molecular complexity index is 870. The number of carbonyl (C=O) groups excluding carboxylic acids is 1. The van der Waals surface area contributed by atoms with Gasteiger partial charge in [0.1, 0.15) is 6.07 Å². The molecule has 0 spiro atoms. The molecule has 0 radical (unpaired) electrons. The van der Waals surface area contributed by atoms with Crippen LogP contribution in [0.1, 0.15) is 36.6 Å². The van der Waals surface area contributed by atoms with Crippen LogP contribution in [-0.4, -0.2) is 60.3 Å². The van der Waals surface area contributed by atoms with Gasteiger partial charge in [0, 0.05) is 19.1 Å². The zero-order valence-corrected chi connectivity index (χ0v) is 17.5. The molecule has 1 fully saturated rings. The van der Waals surface area contributed by atoms with Gasteiger partial charge < -0.3 is 15.1 Å². The van der Waals surface area contributed by atoms with Gasteiger partial charge in [-0.2, -0.15) is 5.26 Å². The van der Waals surface area contributed by atoms with Crippen molar-refractivity contribution in [2.24, 2.45) is 0 Å². The van der Waals surface area contributed by atoms with Crippen molar-refractivity contribution in [1.82, 2.24) is 20.4 Å². The van der Waals surface area contributed by atoms with E-state index in [4.69, 9.17) is 5.26 Å². The number of anilines is 1. The zero-order chi connectivity index (χ0) is 21.0. The predicted octanol–water partition coefficient (Wildman–Crippen LogP) is 1.95. The van der Waals surface area contributed by atoms with Crippen LogP contribution in [0, 0.1) is 11.3 Å². The number of nitrogens with one attached hydrogen (secondary N) is 1. The number of nitrogens with zero attached hydrogens (tertiary/aromatic N) is 5. The molecule has 2 atom stereocenters. The molecule has 1 saturated heterocycles. The molecular weight excluding hydrogens is 364 g/mol. The zero-order valence-electron chi connectivity index (χ0n) is 17.5. The molecule has 2 aromatic rings. The van der Waals surface area contributed by atoms with Crippen molar-refractivity contribution in [3.05, 3.63) is 53.2 Å². The van der Waals surface area contributed by atoms with Crippen LogP contribution in [0.3, 0.4) is 0 Å². The second-order valence-corrected chi connectivity index (χ2v) is 8.07. The fourth-order valence-electron chi connectivity index (χ4n) is 3.66. The summed E-state index contributed by atoms with van der Waals surface area (Å²) in [5, 5.41) is 20.2. The van der Waals surface area contributed by atoms with Gasteiger partial charge in [-0.3, -0.25) is 4.79 Å². The Morgan fingerprint density at radius 2 is 1.93 bits per heavy atom. The van der Waals surface area contributed by atoms with Gasteiger partial charge in [-0.15, -0.1) is 10.2 Å². The van der Waals surface area contributed by atoms with E-state index >= 15 is 0 Å². The van der Waals surface area contributed by atoms with Crippen molar-refractivity contribution in [2.45, 2.75) is 38.3 Å². The van der Waals surface area contributed by atoms with E-state index in [1.807, 2.05) is 32.3 Å². The number of benzene rings is 1. The van der Waals surface area contributed by atoms with Crippen molar-refractivity contribution in [3.63, 3.8) is 0 Å². The summed E-state index contributed by atoms with van der Waals surface area (Å²) < 4.78 is 0. The number of rotatable bonds is 6. The van der Waals surface area contributed by atoms with Gasteiger partial charge in [0.25, 0.3) is 0 Å². The molecule has 29 heavy (non-hydrogen) atoms. The van der Waals surface area contributed by atoms with Crippen LogP contribution < -0.4 is 10.2 Å². The molecule has 1 aliphatic heterocycles. The maximum atomic E-state index is 12.7. The predicted molar refractivity (Wildman–Crippen MR) is 113 cm³/mol. The van der Waals surface area contributed by atoms with Crippen molar-refractivity contribution in [3.8, 4) is 6.07 Å². The average molecular weight is 393 g/mol. The van der Waals surface area contributed by atoms with Crippen LogP contribution in [0.15, 0.2) is 36.4 Å². The molecule has 1 aromatic heterocycles. The lowest BCUT2D eigenvalue weighted by Crippen LogP contribution is -2.49. The van der Waals surface area contributed by atoms with Gasteiger partial charge in [-0.05, 0) is 43.3 Å². The molecule has 152 valence electrons. The van der Waals surface area contributed by atoms with E-state index < -0.39 is 0 Å². The first-order valence-corrected chi connectivity index (χ1v) is 9.90. The minimum atomic E-state index is -0.00937. The molecule has 0 bridgehead atoms. The number of aromatic nitrogens is 2. The molecule has 0 aliphatic carbocycles. The fourth-order valence-corrected chi connectivity index (χ4v) is 3.66. The van der Waals surface area contributed by atoms with Crippen LogP contribution in [0.2, 0.25) is 0 Å². The summed E-state index contributed by atoms with van der Waals surface area (Å²) in [6.07, 6.45) is 0.367. The standard InChI is InChI=1S/C22H28N6O/c1-15(2)17-7-5-16(6-8-17)11-22(29)24-19-13-28(14-20(19)27(3)4)21-10-9-18(12-23)25-26-21/h5-10,15,19-20H,11,13-14H2,1-4H3,(H,24,29)/t19-,20-/m0/s1. The number of likely N-dealkylation sites (N-methyl/N-ethyl adjacent to an activating group) is 1. The summed E-state index contributed by atoms with van der Waals surface area (Å²) in [5.74, 6) is 1.22. The molecule has 7 heteroatoms. The maximum Gasteiger partial charge on any atom is 0.224 e. The highest BCUT2D eigenvalue weighted by Gasteiger charge is 2.35. The Balaban J connectivity index is 1.64. The molecule has 1 amide bonds. The summed E-state index contributed by atoms with van der Waals surface area (Å²) >= 11 is 0. The normalized spacial score (nSPS) is 18.9. The maximum absolute atomic E-state index is 12.7. The molecule has 1 N–H and O–H groups in total. The Labute approximate surface area is 172 Å². The highest BCUT2D eigenvalue weighted by molar-refractivity contribution is 5.79. The highest BCUT2D eigenvalue weighted by Crippen LogP contribution is 2.21. The van der Waals surface area contributed by atoms with Crippen LogP contribution in [0.25, 0.3) is 0 Å². The van der Waals surface area contributed by atoms with E-state index in [0.717, 1.165) is 17.9 Å². The molecule has 0 unspecified atom stereocenters. The molecule has 7 nitrogen and oxygen atoms in total. The number of hydrogen-bond acceptors (Lipinski definition) is 6. The van der Waals surface area contributed by atoms with E-state index in [2.05, 4.69) is 51.3 Å². The number of amides is 1.